The Kier molecular flexibility index (Phi) is 2.93. The minimum atomic E-state index is -4.56. The van der Waals surface area contributed by atoms with Gasteiger partial charge in [-0.1, -0.05) is 0 Å². The summed E-state index contributed by atoms with van der Waals surface area (Å²) in [7, 11) is 0. The molecule has 0 saturated carbocycles. The molecule has 0 aliphatic rings. The van der Waals surface area contributed by atoms with Crippen molar-refractivity contribution in [1.29, 1.82) is 0 Å². The molecule has 0 unspecified atom stereocenters. The van der Waals surface area contributed by atoms with Crippen LogP contribution in [0.15, 0.2) is 30.5 Å². The molecule has 1 aromatic heterocycles. The van der Waals surface area contributed by atoms with Crippen molar-refractivity contribution in [3.8, 4) is 11.4 Å². The van der Waals surface area contributed by atoms with Gasteiger partial charge in [0, 0.05) is 12.3 Å². The summed E-state index contributed by atoms with van der Waals surface area (Å²) in [5.41, 5.74) is -1.29. The molecule has 2 aromatic rings. The van der Waals surface area contributed by atoms with Crippen molar-refractivity contribution >= 4 is 5.97 Å². The zero-order valence-electron chi connectivity index (χ0n) is 9.22. The summed E-state index contributed by atoms with van der Waals surface area (Å²) >= 11 is 0. The molecule has 0 spiro atoms. The SMILES string of the molecule is O=C(O)c1ccc(-n2ccc(C(F)(F)F)n2)cc1O. The van der Waals surface area contributed by atoms with E-state index in [1.54, 1.807) is 0 Å². The van der Waals surface area contributed by atoms with Crippen LogP contribution in [0.1, 0.15) is 16.1 Å². The molecule has 0 fully saturated rings. The first kappa shape index (κ1) is 12.9. The first-order valence-corrected chi connectivity index (χ1v) is 4.98. The highest BCUT2D eigenvalue weighted by molar-refractivity contribution is 5.91. The van der Waals surface area contributed by atoms with Crippen molar-refractivity contribution in [3.63, 3.8) is 0 Å². The first-order valence-electron chi connectivity index (χ1n) is 4.98. The average molecular weight is 272 g/mol. The Balaban J connectivity index is 2.40. The Labute approximate surface area is 104 Å². The fraction of sp³-hybridized carbons (Fsp3) is 0.0909. The van der Waals surface area contributed by atoms with Crippen molar-refractivity contribution in [1.82, 2.24) is 9.78 Å². The summed E-state index contributed by atoms with van der Waals surface area (Å²) in [6.45, 7) is 0. The van der Waals surface area contributed by atoms with Gasteiger partial charge < -0.3 is 10.2 Å². The minimum Gasteiger partial charge on any atom is -0.507 e. The van der Waals surface area contributed by atoms with Crippen LogP contribution in [0, 0.1) is 0 Å². The molecule has 2 N–H and O–H groups in total. The number of hydrogen-bond acceptors (Lipinski definition) is 3. The summed E-state index contributed by atoms with van der Waals surface area (Å²) in [5.74, 6) is -1.88. The highest BCUT2D eigenvalue weighted by atomic mass is 19.4. The first-order chi connectivity index (χ1) is 8.79. The number of rotatable bonds is 2. The molecule has 0 saturated heterocycles. The standard InChI is InChI=1S/C11H7F3N2O3/c12-11(13,14)9-3-4-16(15-9)6-1-2-7(10(18)19)8(17)5-6/h1-5,17H,(H,18,19). The van der Waals surface area contributed by atoms with E-state index in [9.17, 15) is 23.1 Å². The van der Waals surface area contributed by atoms with Crippen LogP contribution in [0.2, 0.25) is 0 Å². The molecule has 1 heterocycles. The number of phenols is 1. The van der Waals surface area contributed by atoms with Gasteiger partial charge in [-0.2, -0.15) is 18.3 Å². The Morgan fingerprint density at radius 1 is 1.26 bits per heavy atom. The lowest BCUT2D eigenvalue weighted by atomic mass is 10.2. The van der Waals surface area contributed by atoms with Gasteiger partial charge in [-0.15, -0.1) is 0 Å². The van der Waals surface area contributed by atoms with Crippen LogP contribution in [0.5, 0.6) is 5.75 Å². The van der Waals surface area contributed by atoms with Crippen LogP contribution in [0.4, 0.5) is 13.2 Å². The van der Waals surface area contributed by atoms with E-state index in [-0.39, 0.29) is 11.3 Å². The van der Waals surface area contributed by atoms with Gasteiger partial charge in [0.25, 0.3) is 0 Å². The fourth-order valence-electron chi connectivity index (χ4n) is 1.46. The number of aromatic nitrogens is 2. The van der Waals surface area contributed by atoms with E-state index in [4.69, 9.17) is 5.11 Å². The Morgan fingerprint density at radius 2 is 1.95 bits per heavy atom. The van der Waals surface area contributed by atoms with Crippen LogP contribution in [0.3, 0.4) is 0 Å². The van der Waals surface area contributed by atoms with E-state index in [0.717, 1.165) is 29.1 Å². The van der Waals surface area contributed by atoms with Crippen molar-refractivity contribution in [3.05, 3.63) is 41.7 Å². The second kappa shape index (κ2) is 4.30. The number of carbonyl (C=O) groups is 1. The van der Waals surface area contributed by atoms with Crippen LogP contribution in [0.25, 0.3) is 5.69 Å². The predicted octanol–water partition coefficient (Wildman–Crippen LogP) is 2.29. The van der Waals surface area contributed by atoms with E-state index in [1.165, 1.54) is 6.07 Å². The molecule has 19 heavy (non-hydrogen) atoms. The molecule has 5 nitrogen and oxygen atoms in total. The van der Waals surface area contributed by atoms with Gasteiger partial charge in [-0.3, -0.25) is 0 Å². The molecule has 2 rings (SSSR count). The largest absolute Gasteiger partial charge is 0.507 e. The maximum absolute atomic E-state index is 12.4. The third kappa shape index (κ3) is 2.51. The van der Waals surface area contributed by atoms with Gasteiger partial charge in [0.15, 0.2) is 5.69 Å². The maximum atomic E-state index is 12.4. The zero-order chi connectivity index (χ0) is 14.2. The van der Waals surface area contributed by atoms with Gasteiger partial charge >= 0.3 is 12.1 Å². The second-order valence-corrected chi connectivity index (χ2v) is 3.65. The van der Waals surface area contributed by atoms with Gasteiger partial charge in [0.2, 0.25) is 0 Å². The van der Waals surface area contributed by atoms with E-state index in [2.05, 4.69) is 5.10 Å². The maximum Gasteiger partial charge on any atom is 0.435 e. The van der Waals surface area contributed by atoms with E-state index < -0.39 is 23.6 Å². The van der Waals surface area contributed by atoms with E-state index in [1.807, 2.05) is 0 Å². The highest BCUT2D eigenvalue weighted by Gasteiger charge is 2.33. The van der Waals surface area contributed by atoms with Crippen LogP contribution >= 0.6 is 0 Å². The number of aromatic hydroxyl groups is 1. The lowest BCUT2D eigenvalue weighted by molar-refractivity contribution is -0.141. The van der Waals surface area contributed by atoms with Crippen molar-refractivity contribution in [2.45, 2.75) is 6.18 Å². The molecule has 0 amide bonds. The average Bonchev–Trinajstić information content (AvgIpc) is 2.76. The summed E-state index contributed by atoms with van der Waals surface area (Å²) < 4.78 is 38.0. The zero-order valence-corrected chi connectivity index (χ0v) is 9.22. The molecule has 0 radical (unpaired) electrons. The van der Waals surface area contributed by atoms with Crippen molar-refractivity contribution < 1.29 is 28.2 Å². The van der Waals surface area contributed by atoms with E-state index in [0.29, 0.717) is 0 Å². The number of hydrogen-bond donors (Lipinski definition) is 2. The third-order valence-electron chi connectivity index (χ3n) is 2.36. The quantitative estimate of drug-likeness (QED) is 0.879. The second-order valence-electron chi connectivity index (χ2n) is 3.65. The Morgan fingerprint density at radius 3 is 2.42 bits per heavy atom. The lowest BCUT2D eigenvalue weighted by Crippen LogP contribution is -2.07. The predicted molar refractivity (Wildman–Crippen MR) is 57.2 cm³/mol. The summed E-state index contributed by atoms with van der Waals surface area (Å²) in [6, 6.07) is 4.14. The summed E-state index contributed by atoms with van der Waals surface area (Å²) in [4.78, 5) is 10.7. The highest BCUT2D eigenvalue weighted by Crippen LogP contribution is 2.28. The topological polar surface area (TPSA) is 75.3 Å². The molecule has 0 aliphatic carbocycles. The van der Waals surface area contributed by atoms with Gasteiger partial charge in [0.05, 0.1) is 5.69 Å². The molecule has 0 bridgehead atoms. The van der Waals surface area contributed by atoms with Crippen LogP contribution in [-0.4, -0.2) is 26.0 Å². The number of nitrogens with zero attached hydrogens (tertiary/aromatic N) is 2. The molecule has 100 valence electrons. The molecular formula is C11H7F3N2O3. The monoisotopic (exact) mass is 272 g/mol. The number of benzene rings is 1. The fourth-order valence-corrected chi connectivity index (χ4v) is 1.46. The lowest BCUT2D eigenvalue weighted by Gasteiger charge is -2.05. The van der Waals surface area contributed by atoms with Gasteiger partial charge in [0.1, 0.15) is 11.3 Å². The molecular weight excluding hydrogens is 265 g/mol. The normalized spacial score (nSPS) is 11.5. The minimum absolute atomic E-state index is 0.123. The number of halogens is 3. The van der Waals surface area contributed by atoms with Crippen molar-refractivity contribution in [2.75, 3.05) is 0 Å². The molecule has 0 atom stereocenters. The molecule has 0 aliphatic heterocycles. The van der Waals surface area contributed by atoms with Gasteiger partial charge in [-0.05, 0) is 18.2 Å². The molecule has 8 heteroatoms. The Hall–Kier alpha value is -2.51. The van der Waals surface area contributed by atoms with Crippen LogP contribution in [-0.2, 0) is 6.18 Å². The summed E-state index contributed by atoms with van der Waals surface area (Å²) in [6.07, 6.45) is -3.49. The van der Waals surface area contributed by atoms with Crippen molar-refractivity contribution in [2.24, 2.45) is 0 Å². The summed E-state index contributed by atoms with van der Waals surface area (Å²) in [5, 5.41) is 21.5. The van der Waals surface area contributed by atoms with E-state index >= 15 is 0 Å². The number of aromatic carboxylic acids is 1. The third-order valence-corrected chi connectivity index (χ3v) is 2.36. The number of carboxylic acid groups (broad SMARTS) is 1. The van der Waals surface area contributed by atoms with Gasteiger partial charge in [-0.25, -0.2) is 9.48 Å². The molecule has 1 aromatic carbocycles. The number of carboxylic acids is 1. The Bertz CT molecular complexity index is 634. The smallest absolute Gasteiger partial charge is 0.435 e. The van der Waals surface area contributed by atoms with Crippen LogP contribution < -0.4 is 0 Å². The number of alkyl halides is 3.